The van der Waals surface area contributed by atoms with Gasteiger partial charge in [0.25, 0.3) is 0 Å². The molecule has 2 aliphatic rings. The number of anilines is 3. The van der Waals surface area contributed by atoms with Crippen LogP contribution in [0.25, 0.3) is 105 Å². The van der Waals surface area contributed by atoms with Gasteiger partial charge in [0.1, 0.15) is 0 Å². The Kier molecular flexibility index (Phi) is 9.58. The number of para-hydroxylation sites is 2. The van der Waals surface area contributed by atoms with Crippen LogP contribution in [0.3, 0.4) is 0 Å². The topological polar surface area (TPSA) is 8.17 Å². The van der Waals surface area contributed by atoms with Crippen molar-refractivity contribution in [1.82, 2.24) is 4.57 Å². The van der Waals surface area contributed by atoms with E-state index in [1.807, 2.05) is 0 Å². The van der Waals surface area contributed by atoms with E-state index >= 15 is 0 Å². The van der Waals surface area contributed by atoms with Crippen LogP contribution < -0.4 is 4.90 Å². The molecule has 1 heterocycles. The Hall–Kier alpha value is -10.0. The van der Waals surface area contributed by atoms with E-state index in [-0.39, 0.29) is 0 Å². The zero-order chi connectivity index (χ0) is 50.6. The van der Waals surface area contributed by atoms with Gasteiger partial charge in [-0.25, -0.2) is 0 Å². The molecule has 0 bridgehead atoms. The second-order valence-electron chi connectivity index (χ2n) is 20.7. The molecular weight excluding hydrogens is 929 g/mol. The zero-order valence-electron chi connectivity index (χ0n) is 42.1. The number of nitrogens with zero attached hydrogens (tertiary/aromatic N) is 2. The molecule has 0 fully saturated rings. The Balaban J connectivity index is 0.779. The van der Waals surface area contributed by atoms with E-state index in [9.17, 15) is 0 Å². The Labute approximate surface area is 447 Å². The van der Waals surface area contributed by atoms with Crippen molar-refractivity contribution in [3.63, 3.8) is 0 Å². The molecule has 0 unspecified atom stereocenters. The minimum absolute atomic E-state index is 0.423. The smallest absolute Gasteiger partial charge is 0.0726 e. The average molecular weight is 977 g/mol. The molecule has 0 aliphatic heterocycles. The van der Waals surface area contributed by atoms with Crippen LogP contribution >= 0.6 is 0 Å². The highest BCUT2D eigenvalue weighted by molar-refractivity contribution is 6.21. The highest BCUT2D eigenvalue weighted by atomic mass is 15.1. The molecule has 0 N–H and O–H groups in total. The molecule has 358 valence electrons. The lowest BCUT2D eigenvalue weighted by atomic mass is 9.70. The van der Waals surface area contributed by atoms with Crippen molar-refractivity contribution in [1.29, 1.82) is 0 Å². The second-order valence-corrected chi connectivity index (χ2v) is 20.7. The molecular formula is C75H48N2. The number of hydrogen-bond acceptors (Lipinski definition) is 1. The van der Waals surface area contributed by atoms with Gasteiger partial charge in [0, 0.05) is 33.5 Å². The molecule has 1 aromatic heterocycles. The van der Waals surface area contributed by atoms with E-state index in [0.29, 0.717) is 0 Å². The lowest BCUT2D eigenvalue weighted by Gasteiger charge is -2.32. The van der Waals surface area contributed by atoms with E-state index in [4.69, 9.17) is 0 Å². The van der Waals surface area contributed by atoms with Gasteiger partial charge in [0.15, 0.2) is 0 Å². The first kappa shape index (κ1) is 43.4. The first-order valence-electron chi connectivity index (χ1n) is 26.7. The first-order valence-corrected chi connectivity index (χ1v) is 26.7. The summed E-state index contributed by atoms with van der Waals surface area (Å²) < 4.78 is 2.43. The van der Waals surface area contributed by atoms with Crippen molar-refractivity contribution >= 4 is 60.4 Å². The van der Waals surface area contributed by atoms with Crippen LogP contribution in [0.15, 0.2) is 291 Å². The zero-order valence-corrected chi connectivity index (χ0v) is 42.1. The van der Waals surface area contributed by atoms with Crippen LogP contribution in [-0.2, 0) is 5.41 Å². The number of rotatable bonds is 7. The number of benzene rings is 13. The van der Waals surface area contributed by atoms with E-state index in [2.05, 4.69) is 301 Å². The normalized spacial score (nSPS) is 12.8. The van der Waals surface area contributed by atoms with Gasteiger partial charge in [-0.15, -0.1) is 0 Å². The Morgan fingerprint density at radius 2 is 0.662 bits per heavy atom. The molecule has 16 rings (SSSR count). The number of aromatic nitrogens is 1. The molecule has 13 aromatic carbocycles. The molecule has 2 aliphatic carbocycles. The lowest BCUT2D eigenvalue weighted by molar-refractivity contribution is 0.793. The number of fused-ring (bicyclic) bond motifs is 15. The SMILES string of the molecule is c1ccc(-c2c3ccccc3c(-c3ccc(-n4c5ccccc5c5cc(-c6ccc(N(c7ccccc7)c7ccc8c(c7)C7(c9ccccc9-c9ccccc97)c7ccccc7-8)cc6)ccc54)cc3)c3ccccc23)cc1. The summed E-state index contributed by atoms with van der Waals surface area (Å²) in [6, 6.07) is 108. The fraction of sp³-hybridized carbons (Fsp3) is 0.0133. The summed E-state index contributed by atoms with van der Waals surface area (Å²) in [7, 11) is 0. The molecule has 0 atom stereocenters. The van der Waals surface area contributed by atoms with Gasteiger partial charge in [-0.1, -0.05) is 224 Å². The summed E-state index contributed by atoms with van der Waals surface area (Å²) in [4.78, 5) is 2.42. The molecule has 2 heteroatoms. The maximum Gasteiger partial charge on any atom is 0.0726 e. The van der Waals surface area contributed by atoms with Crippen LogP contribution in [0.5, 0.6) is 0 Å². The molecule has 77 heavy (non-hydrogen) atoms. The predicted octanol–water partition coefficient (Wildman–Crippen LogP) is 19.9. The maximum atomic E-state index is 2.47. The Morgan fingerprint density at radius 3 is 1.25 bits per heavy atom. The molecule has 0 radical (unpaired) electrons. The molecule has 2 nitrogen and oxygen atoms in total. The predicted molar refractivity (Wildman–Crippen MR) is 323 cm³/mol. The van der Waals surface area contributed by atoms with E-state index in [0.717, 1.165) is 22.7 Å². The third-order valence-electron chi connectivity index (χ3n) is 16.8. The maximum absolute atomic E-state index is 2.47. The molecule has 0 saturated carbocycles. The van der Waals surface area contributed by atoms with Crippen molar-refractivity contribution in [2.75, 3.05) is 4.90 Å². The van der Waals surface area contributed by atoms with Gasteiger partial charge >= 0.3 is 0 Å². The van der Waals surface area contributed by atoms with Crippen LogP contribution in [0.2, 0.25) is 0 Å². The summed E-state index contributed by atoms with van der Waals surface area (Å²) in [5.74, 6) is 0. The van der Waals surface area contributed by atoms with Gasteiger partial charge in [0.2, 0.25) is 0 Å². The van der Waals surface area contributed by atoms with Crippen molar-refractivity contribution < 1.29 is 0 Å². The quantitative estimate of drug-likeness (QED) is 0.145. The third-order valence-corrected chi connectivity index (χ3v) is 16.8. The first-order chi connectivity index (χ1) is 38.2. The van der Waals surface area contributed by atoms with Gasteiger partial charge in [-0.05, 0) is 166 Å². The largest absolute Gasteiger partial charge is 0.310 e. The van der Waals surface area contributed by atoms with Crippen LogP contribution in [0.4, 0.5) is 17.1 Å². The summed E-state index contributed by atoms with van der Waals surface area (Å²) >= 11 is 0. The van der Waals surface area contributed by atoms with Crippen LogP contribution in [0, 0.1) is 0 Å². The molecule has 1 spiro atoms. The molecule has 0 amide bonds. The third kappa shape index (κ3) is 6.37. The highest BCUT2D eigenvalue weighted by Gasteiger charge is 2.51. The standard InChI is InChI=1S/C75H48N2/c1-3-19-50(20-4-1)73-62-27-7-9-29-64(62)74(65-30-10-8-28-63(65)73)51-37-42-55(43-38-51)77-71-34-18-14-26-61(71)66-47-52(39-46-72(66)77)49-35-40-54(41-36-49)76(53-21-5-2-6-22-53)56-44-45-60-59-25-13-17-33-69(59)75(70(60)48-56)67-31-15-11-23-57(67)58-24-12-16-32-68(58)75/h1-48H. The Morgan fingerprint density at radius 1 is 0.247 bits per heavy atom. The summed E-state index contributed by atoms with van der Waals surface area (Å²) in [5.41, 5.74) is 24.4. The lowest BCUT2D eigenvalue weighted by Crippen LogP contribution is -2.26. The summed E-state index contributed by atoms with van der Waals surface area (Å²) in [6.45, 7) is 0. The van der Waals surface area contributed by atoms with Crippen LogP contribution in [-0.4, -0.2) is 4.57 Å². The average Bonchev–Trinajstić information content (AvgIpc) is 4.32. The van der Waals surface area contributed by atoms with Gasteiger partial charge < -0.3 is 9.47 Å². The van der Waals surface area contributed by atoms with Crippen molar-refractivity contribution in [2.45, 2.75) is 5.41 Å². The minimum Gasteiger partial charge on any atom is -0.310 e. The fourth-order valence-corrected chi connectivity index (χ4v) is 13.6. The van der Waals surface area contributed by atoms with Crippen molar-refractivity contribution in [2.24, 2.45) is 0 Å². The van der Waals surface area contributed by atoms with E-state index in [1.165, 1.54) is 121 Å². The van der Waals surface area contributed by atoms with Gasteiger partial charge in [0.05, 0.1) is 16.4 Å². The number of hydrogen-bond donors (Lipinski definition) is 0. The molecule has 0 saturated heterocycles. The van der Waals surface area contributed by atoms with E-state index < -0.39 is 5.41 Å². The summed E-state index contributed by atoms with van der Waals surface area (Å²) in [6.07, 6.45) is 0. The van der Waals surface area contributed by atoms with E-state index in [1.54, 1.807) is 0 Å². The highest BCUT2D eigenvalue weighted by Crippen LogP contribution is 2.63. The summed E-state index contributed by atoms with van der Waals surface area (Å²) in [5, 5.41) is 7.51. The monoisotopic (exact) mass is 976 g/mol. The Bertz CT molecular complexity index is 4540. The van der Waals surface area contributed by atoms with Gasteiger partial charge in [-0.2, -0.15) is 0 Å². The van der Waals surface area contributed by atoms with Gasteiger partial charge in [-0.3, -0.25) is 0 Å². The van der Waals surface area contributed by atoms with Crippen molar-refractivity contribution in [3.05, 3.63) is 313 Å². The molecule has 14 aromatic rings. The fourth-order valence-electron chi connectivity index (χ4n) is 13.6. The second kappa shape index (κ2) is 17.0. The minimum atomic E-state index is -0.423. The van der Waals surface area contributed by atoms with Crippen molar-refractivity contribution in [3.8, 4) is 61.3 Å². The van der Waals surface area contributed by atoms with Crippen LogP contribution in [0.1, 0.15) is 22.3 Å².